The molecule has 0 saturated heterocycles. The van der Waals surface area contributed by atoms with Crippen molar-refractivity contribution in [3.63, 3.8) is 0 Å². The van der Waals surface area contributed by atoms with Crippen molar-refractivity contribution in [1.29, 1.82) is 0 Å². The number of hydrogen-bond donors (Lipinski definition) is 4. The molecule has 2 aromatic rings. The first kappa shape index (κ1) is 31.3. The predicted octanol–water partition coefficient (Wildman–Crippen LogP) is 3.11. The molecular weight excluding hydrogens is 639 g/mol. The third kappa shape index (κ3) is 7.79. The minimum atomic E-state index is -1.12. The number of rotatable bonds is 11. The fourth-order valence-corrected chi connectivity index (χ4v) is 6.54. The summed E-state index contributed by atoms with van der Waals surface area (Å²) in [6, 6.07) is 12.2. The second-order valence-corrected chi connectivity index (χ2v) is 11.7. The van der Waals surface area contributed by atoms with Gasteiger partial charge in [-0.3, -0.25) is 9.59 Å². The molecule has 41 heavy (non-hydrogen) atoms. The van der Waals surface area contributed by atoms with Gasteiger partial charge in [-0.2, -0.15) is 0 Å². The fraction of sp³-hybridized carbons (Fsp3) is 0.484. The average molecular weight is 679 g/mol. The van der Waals surface area contributed by atoms with Gasteiger partial charge in [-0.25, -0.2) is 0 Å². The molecule has 9 nitrogen and oxygen atoms in total. The van der Waals surface area contributed by atoms with Crippen molar-refractivity contribution in [2.45, 2.75) is 75.8 Å². The van der Waals surface area contributed by atoms with Crippen LogP contribution in [-0.2, 0) is 22.6 Å². The van der Waals surface area contributed by atoms with Crippen molar-refractivity contribution in [2.75, 3.05) is 20.3 Å². The van der Waals surface area contributed by atoms with Crippen molar-refractivity contribution in [3.05, 3.63) is 68.8 Å². The van der Waals surface area contributed by atoms with Crippen LogP contribution in [0, 0.1) is 3.57 Å². The number of carbonyl (C=O) groups is 2. The van der Waals surface area contributed by atoms with Gasteiger partial charge in [0.25, 0.3) is 0 Å². The van der Waals surface area contributed by atoms with Gasteiger partial charge in [-0.05, 0) is 64.8 Å². The van der Waals surface area contributed by atoms with E-state index >= 15 is 0 Å². The zero-order valence-electron chi connectivity index (χ0n) is 23.3. The van der Waals surface area contributed by atoms with Gasteiger partial charge in [0.1, 0.15) is 12.2 Å². The van der Waals surface area contributed by atoms with Crippen LogP contribution in [0.2, 0.25) is 0 Å². The highest BCUT2D eigenvalue weighted by Gasteiger charge is 2.43. The molecule has 0 aliphatic heterocycles. The van der Waals surface area contributed by atoms with E-state index in [-0.39, 0.29) is 50.5 Å². The molecule has 3 unspecified atom stereocenters. The van der Waals surface area contributed by atoms with Crippen LogP contribution in [0.1, 0.15) is 49.7 Å². The molecule has 4 N–H and O–H groups in total. The molecule has 2 aliphatic rings. The maximum Gasteiger partial charge on any atom is 0.247 e. The van der Waals surface area contributed by atoms with Gasteiger partial charge in [0.2, 0.25) is 11.8 Å². The van der Waals surface area contributed by atoms with Crippen LogP contribution in [-0.4, -0.2) is 76.6 Å². The predicted molar refractivity (Wildman–Crippen MR) is 163 cm³/mol. The Morgan fingerprint density at radius 3 is 2.46 bits per heavy atom. The van der Waals surface area contributed by atoms with Crippen LogP contribution < -0.4 is 14.8 Å². The quantitative estimate of drug-likeness (QED) is 0.269. The molecule has 0 spiro atoms. The number of nitrogens with zero attached hydrogens (tertiary/aromatic N) is 1. The second-order valence-electron chi connectivity index (χ2n) is 10.5. The summed E-state index contributed by atoms with van der Waals surface area (Å²) >= 11 is 2.09. The van der Waals surface area contributed by atoms with Crippen LogP contribution in [0.5, 0.6) is 11.5 Å². The summed E-state index contributed by atoms with van der Waals surface area (Å²) in [5, 5.41) is 33.4. The van der Waals surface area contributed by atoms with Crippen LogP contribution in [0.3, 0.4) is 0 Å². The Morgan fingerprint density at radius 2 is 1.80 bits per heavy atom. The minimum absolute atomic E-state index is 0.0568. The van der Waals surface area contributed by atoms with Gasteiger partial charge >= 0.3 is 0 Å². The molecule has 1 fully saturated rings. The van der Waals surface area contributed by atoms with E-state index in [0.29, 0.717) is 26.2 Å². The summed E-state index contributed by atoms with van der Waals surface area (Å²) in [7, 11) is 1.50. The molecule has 2 aromatic carbocycles. The first-order chi connectivity index (χ1) is 19.9. The number of ether oxygens (including phenoxy) is 2. The smallest absolute Gasteiger partial charge is 0.247 e. The summed E-state index contributed by atoms with van der Waals surface area (Å²) in [6.45, 7) is -0.292. The number of methoxy groups -OCH3 is 1. The van der Waals surface area contributed by atoms with Crippen LogP contribution in [0.15, 0.2) is 54.1 Å². The van der Waals surface area contributed by atoms with E-state index in [4.69, 9.17) is 9.47 Å². The third-order valence-electron chi connectivity index (χ3n) is 7.75. The van der Waals surface area contributed by atoms with Crippen molar-refractivity contribution in [2.24, 2.45) is 0 Å². The van der Waals surface area contributed by atoms with Crippen molar-refractivity contribution in [3.8, 4) is 11.5 Å². The largest absolute Gasteiger partial charge is 0.493 e. The molecule has 0 aromatic heterocycles. The van der Waals surface area contributed by atoms with Crippen molar-refractivity contribution >= 4 is 34.4 Å². The summed E-state index contributed by atoms with van der Waals surface area (Å²) < 4.78 is 12.6. The normalized spacial score (nSPS) is 21.1. The minimum Gasteiger partial charge on any atom is -0.493 e. The van der Waals surface area contributed by atoms with Crippen LogP contribution >= 0.6 is 22.6 Å². The van der Waals surface area contributed by atoms with E-state index in [9.17, 15) is 24.9 Å². The summed E-state index contributed by atoms with van der Waals surface area (Å²) in [5.74, 6) is 0.295. The monoisotopic (exact) mass is 678 g/mol. The average Bonchev–Trinajstić information content (AvgIpc) is 2.99. The summed E-state index contributed by atoms with van der Waals surface area (Å²) in [5.41, 5.74) is 1.92. The lowest BCUT2D eigenvalue weighted by atomic mass is 9.84. The number of halogens is 1. The molecule has 0 bridgehead atoms. The molecule has 10 heteroatoms. The van der Waals surface area contributed by atoms with Crippen LogP contribution in [0.25, 0.3) is 0 Å². The van der Waals surface area contributed by atoms with Crippen molar-refractivity contribution in [1.82, 2.24) is 10.2 Å². The van der Waals surface area contributed by atoms with Gasteiger partial charge < -0.3 is 35.0 Å². The highest BCUT2D eigenvalue weighted by molar-refractivity contribution is 14.1. The number of carbonyl (C=O) groups excluding carboxylic acids is 2. The Labute approximate surface area is 254 Å². The second kappa shape index (κ2) is 15.0. The molecular formula is C31H39IN2O7. The maximum atomic E-state index is 14.0. The Morgan fingerprint density at radius 1 is 1.07 bits per heavy atom. The highest BCUT2D eigenvalue weighted by atomic mass is 127. The Hall–Kier alpha value is -2.67. The molecule has 4 rings (SSSR count). The van der Waals surface area contributed by atoms with E-state index in [2.05, 4.69) is 27.9 Å². The number of aliphatic hydroxyl groups excluding tert-OH is 3. The number of benzene rings is 2. The standard InChI is InChI=1S/C31H39IN2O7/c1-40-27-15-21(19-36)14-24(32)30(27)41-26-18-22(31(39)33-12-13-35)17-25(29(26)38)34(23-10-6-3-7-11-23)28(37)16-20-8-4-2-5-9-20/h2,4-5,8-9,14-15,18,23,25-26,29,35-36,38H,3,6-7,10-13,16-17,19H2,1H3,(H,33,39). The molecule has 3 atom stereocenters. The number of nitrogens with one attached hydrogen (secondary N) is 1. The number of hydrogen-bond acceptors (Lipinski definition) is 7. The van der Waals surface area contributed by atoms with Gasteiger partial charge in [-0.15, -0.1) is 0 Å². The molecule has 222 valence electrons. The topological polar surface area (TPSA) is 129 Å². The first-order valence-electron chi connectivity index (χ1n) is 14.1. The van der Waals surface area contributed by atoms with Crippen LogP contribution in [0.4, 0.5) is 0 Å². The molecule has 1 saturated carbocycles. The summed E-state index contributed by atoms with van der Waals surface area (Å²) in [6.07, 6.45) is 4.63. The third-order valence-corrected chi connectivity index (χ3v) is 8.55. The highest BCUT2D eigenvalue weighted by Crippen LogP contribution is 2.38. The van der Waals surface area contributed by atoms with E-state index in [1.807, 2.05) is 35.2 Å². The maximum absolute atomic E-state index is 14.0. The fourth-order valence-electron chi connectivity index (χ4n) is 5.74. The Bertz CT molecular complexity index is 1220. The van der Waals surface area contributed by atoms with Gasteiger partial charge in [0.05, 0.1) is 36.4 Å². The lowest BCUT2D eigenvalue weighted by Crippen LogP contribution is -2.58. The summed E-state index contributed by atoms with van der Waals surface area (Å²) in [4.78, 5) is 28.9. The zero-order chi connectivity index (χ0) is 29.4. The van der Waals surface area contributed by atoms with E-state index in [1.54, 1.807) is 18.2 Å². The lowest BCUT2D eigenvalue weighted by Gasteiger charge is -2.45. The van der Waals surface area contributed by atoms with Gasteiger partial charge in [0.15, 0.2) is 11.5 Å². The number of amides is 2. The van der Waals surface area contributed by atoms with Crippen molar-refractivity contribution < 1.29 is 34.4 Å². The van der Waals surface area contributed by atoms with Gasteiger partial charge in [-0.1, -0.05) is 49.6 Å². The lowest BCUT2D eigenvalue weighted by molar-refractivity contribution is -0.142. The van der Waals surface area contributed by atoms with E-state index in [1.165, 1.54) is 7.11 Å². The molecule has 0 radical (unpaired) electrons. The molecule has 2 amide bonds. The van der Waals surface area contributed by atoms with Gasteiger partial charge in [0, 0.05) is 24.6 Å². The molecule has 0 heterocycles. The van der Waals surface area contributed by atoms with E-state index < -0.39 is 18.2 Å². The SMILES string of the molecule is COc1cc(CO)cc(I)c1OC1C=C(C(=O)NCCO)CC(N(C(=O)Cc2ccccc2)C2CCCCC2)C1O. The number of aliphatic hydroxyl groups is 3. The zero-order valence-corrected chi connectivity index (χ0v) is 25.5. The first-order valence-corrected chi connectivity index (χ1v) is 15.2. The molecule has 2 aliphatic carbocycles. The van der Waals surface area contributed by atoms with E-state index in [0.717, 1.165) is 37.7 Å². The Kier molecular flexibility index (Phi) is 11.4. The Balaban J connectivity index is 1.71.